The highest BCUT2D eigenvalue weighted by atomic mass is 32.2. The summed E-state index contributed by atoms with van der Waals surface area (Å²) in [5.41, 5.74) is 1.82. The summed E-state index contributed by atoms with van der Waals surface area (Å²) in [5.74, 6) is 0.277. The Labute approximate surface area is 162 Å². The monoisotopic (exact) mass is 389 g/mol. The van der Waals surface area contributed by atoms with Crippen molar-refractivity contribution in [2.45, 2.75) is 30.3 Å². The van der Waals surface area contributed by atoms with Crippen LogP contribution in [0.25, 0.3) is 5.69 Å². The average Bonchev–Trinajstić information content (AvgIpc) is 3.05. The van der Waals surface area contributed by atoms with E-state index in [1.807, 2.05) is 11.5 Å². The molecule has 0 saturated carbocycles. The average molecular weight is 389 g/mol. The van der Waals surface area contributed by atoms with Crippen LogP contribution in [-0.2, 0) is 0 Å². The maximum atomic E-state index is 13.4. The van der Waals surface area contributed by atoms with Gasteiger partial charge in [-0.3, -0.25) is 4.57 Å². The Balaban J connectivity index is 1.99. The summed E-state index contributed by atoms with van der Waals surface area (Å²) in [6.45, 7) is 4.12. The molecule has 7 heteroatoms. The van der Waals surface area contributed by atoms with Crippen molar-refractivity contribution >= 4 is 11.8 Å². The van der Waals surface area contributed by atoms with Gasteiger partial charge in [-0.2, -0.15) is 0 Å². The maximum absolute atomic E-state index is 13.4. The number of thioether (sulfide) groups is 1. The van der Waals surface area contributed by atoms with E-state index in [2.05, 4.69) is 31.2 Å². The molecular formula is C20H23F2N4S+. The van der Waals surface area contributed by atoms with Crippen molar-refractivity contribution in [2.75, 3.05) is 14.1 Å². The number of halogens is 2. The van der Waals surface area contributed by atoms with Gasteiger partial charge in [0.2, 0.25) is 0 Å². The van der Waals surface area contributed by atoms with E-state index in [0.29, 0.717) is 0 Å². The molecule has 0 aliphatic rings. The summed E-state index contributed by atoms with van der Waals surface area (Å²) in [6, 6.07) is 12.9. The molecule has 0 aliphatic carbocycles. The molecule has 0 fully saturated rings. The van der Waals surface area contributed by atoms with Gasteiger partial charge in [-0.15, -0.1) is 10.2 Å². The molecule has 1 aromatic heterocycles. The first-order chi connectivity index (χ1) is 12.9. The maximum Gasteiger partial charge on any atom is 0.196 e. The second-order valence-corrected chi connectivity index (χ2v) is 8.07. The van der Waals surface area contributed by atoms with Crippen LogP contribution in [0.3, 0.4) is 0 Å². The van der Waals surface area contributed by atoms with Crippen molar-refractivity contribution in [3.05, 3.63) is 71.6 Å². The topological polar surface area (TPSA) is 35.2 Å². The van der Waals surface area contributed by atoms with Gasteiger partial charge in [0.15, 0.2) is 11.0 Å². The van der Waals surface area contributed by atoms with Gasteiger partial charge in [0.1, 0.15) is 17.7 Å². The fourth-order valence-electron chi connectivity index (χ4n) is 2.69. The zero-order chi connectivity index (χ0) is 19.6. The SMILES string of the molecule is C[C@H](Sc1nnc([C@@H](C)[NH+](C)C)n1-c1ccc(F)cc1)c1ccc(F)cc1. The van der Waals surface area contributed by atoms with E-state index in [-0.39, 0.29) is 22.9 Å². The van der Waals surface area contributed by atoms with Gasteiger partial charge in [-0.1, -0.05) is 23.9 Å². The highest BCUT2D eigenvalue weighted by Crippen LogP contribution is 2.35. The third kappa shape index (κ3) is 4.36. The number of aromatic nitrogens is 3. The first kappa shape index (κ1) is 19.5. The van der Waals surface area contributed by atoms with Crippen molar-refractivity contribution < 1.29 is 13.7 Å². The first-order valence-electron chi connectivity index (χ1n) is 8.80. The Hall–Kier alpha value is -2.25. The molecule has 2 atom stereocenters. The predicted octanol–water partition coefficient (Wildman–Crippen LogP) is 3.60. The van der Waals surface area contributed by atoms with Gasteiger partial charge < -0.3 is 4.90 Å². The lowest BCUT2D eigenvalue weighted by molar-refractivity contribution is -0.890. The van der Waals surface area contributed by atoms with Crippen LogP contribution >= 0.6 is 11.8 Å². The van der Waals surface area contributed by atoms with Gasteiger partial charge in [-0.05, 0) is 55.8 Å². The van der Waals surface area contributed by atoms with Crippen molar-refractivity contribution in [1.82, 2.24) is 14.8 Å². The molecule has 0 unspecified atom stereocenters. The van der Waals surface area contributed by atoms with Crippen LogP contribution in [0.15, 0.2) is 53.7 Å². The number of rotatable bonds is 6. The molecular weight excluding hydrogens is 366 g/mol. The Bertz CT molecular complexity index is 891. The molecule has 27 heavy (non-hydrogen) atoms. The summed E-state index contributed by atoms with van der Waals surface area (Å²) in [4.78, 5) is 1.22. The lowest BCUT2D eigenvalue weighted by atomic mass is 10.2. The molecule has 0 amide bonds. The minimum absolute atomic E-state index is 0.0591. The number of quaternary nitrogens is 1. The molecule has 0 bridgehead atoms. The molecule has 0 radical (unpaired) electrons. The Morgan fingerprint density at radius 3 is 2.00 bits per heavy atom. The van der Waals surface area contributed by atoms with E-state index in [0.717, 1.165) is 22.2 Å². The number of hydrogen-bond acceptors (Lipinski definition) is 3. The molecule has 0 aliphatic heterocycles. The summed E-state index contributed by atoms with van der Waals surface area (Å²) >= 11 is 1.54. The summed E-state index contributed by atoms with van der Waals surface area (Å²) in [7, 11) is 4.12. The van der Waals surface area contributed by atoms with Crippen LogP contribution in [0.2, 0.25) is 0 Å². The highest BCUT2D eigenvalue weighted by molar-refractivity contribution is 7.99. The van der Waals surface area contributed by atoms with Crippen molar-refractivity contribution in [3.8, 4) is 5.69 Å². The number of hydrogen-bond donors (Lipinski definition) is 1. The zero-order valence-electron chi connectivity index (χ0n) is 15.8. The predicted molar refractivity (Wildman–Crippen MR) is 103 cm³/mol. The number of nitrogens with zero attached hydrogens (tertiary/aromatic N) is 3. The van der Waals surface area contributed by atoms with Gasteiger partial charge in [0.05, 0.1) is 14.1 Å². The molecule has 0 saturated heterocycles. The van der Waals surface area contributed by atoms with E-state index < -0.39 is 0 Å². The van der Waals surface area contributed by atoms with E-state index in [4.69, 9.17) is 0 Å². The van der Waals surface area contributed by atoms with Crippen LogP contribution in [0.5, 0.6) is 0 Å². The molecule has 3 rings (SSSR count). The van der Waals surface area contributed by atoms with Crippen LogP contribution in [-0.4, -0.2) is 28.9 Å². The van der Waals surface area contributed by atoms with Crippen LogP contribution in [0.1, 0.15) is 36.5 Å². The normalized spacial score (nSPS) is 13.7. The number of benzene rings is 2. The summed E-state index contributed by atoms with van der Waals surface area (Å²) in [5, 5.41) is 9.59. The minimum Gasteiger partial charge on any atom is -0.331 e. The molecule has 1 heterocycles. The highest BCUT2D eigenvalue weighted by Gasteiger charge is 2.24. The van der Waals surface area contributed by atoms with E-state index in [1.165, 1.54) is 29.2 Å². The minimum atomic E-state index is -0.284. The fourth-order valence-corrected chi connectivity index (χ4v) is 3.69. The fraction of sp³-hybridized carbons (Fsp3) is 0.300. The molecule has 0 spiro atoms. The van der Waals surface area contributed by atoms with E-state index >= 15 is 0 Å². The summed E-state index contributed by atoms with van der Waals surface area (Å²) in [6.07, 6.45) is 0. The first-order valence-corrected chi connectivity index (χ1v) is 9.68. The van der Waals surface area contributed by atoms with Crippen molar-refractivity contribution in [1.29, 1.82) is 0 Å². The molecule has 4 nitrogen and oxygen atoms in total. The second-order valence-electron chi connectivity index (χ2n) is 6.76. The van der Waals surface area contributed by atoms with Gasteiger partial charge in [0, 0.05) is 10.9 Å². The zero-order valence-corrected chi connectivity index (χ0v) is 16.6. The van der Waals surface area contributed by atoms with Crippen LogP contribution in [0.4, 0.5) is 8.78 Å². The third-order valence-electron chi connectivity index (χ3n) is 4.62. The third-order valence-corrected chi connectivity index (χ3v) is 5.72. The summed E-state index contributed by atoms with van der Waals surface area (Å²) < 4.78 is 28.6. The second kappa shape index (κ2) is 8.19. The molecule has 3 aromatic rings. The van der Waals surface area contributed by atoms with Gasteiger partial charge >= 0.3 is 0 Å². The standard InChI is InChI=1S/C20H22F2N4S/c1-13(25(3)4)19-23-24-20(26(19)18-11-9-17(22)10-12-18)27-14(2)15-5-7-16(21)8-6-15/h5-14H,1-4H3/p+1/t13-,14+/m1/s1. The number of nitrogens with one attached hydrogen (secondary N) is 1. The Morgan fingerprint density at radius 1 is 0.889 bits per heavy atom. The largest absolute Gasteiger partial charge is 0.331 e. The van der Waals surface area contributed by atoms with Gasteiger partial charge in [-0.25, -0.2) is 8.78 Å². The smallest absolute Gasteiger partial charge is 0.196 e. The van der Waals surface area contributed by atoms with Gasteiger partial charge in [0.25, 0.3) is 0 Å². The lowest BCUT2D eigenvalue weighted by Gasteiger charge is -2.19. The lowest BCUT2D eigenvalue weighted by Crippen LogP contribution is -3.05. The Kier molecular flexibility index (Phi) is 5.92. The Morgan fingerprint density at radius 2 is 1.44 bits per heavy atom. The quantitative estimate of drug-likeness (QED) is 0.654. The van der Waals surface area contributed by atoms with Crippen molar-refractivity contribution in [3.63, 3.8) is 0 Å². The molecule has 2 aromatic carbocycles. The van der Waals surface area contributed by atoms with E-state index in [1.54, 1.807) is 36.0 Å². The molecule has 142 valence electrons. The van der Waals surface area contributed by atoms with Crippen LogP contribution < -0.4 is 4.90 Å². The van der Waals surface area contributed by atoms with Crippen LogP contribution in [0, 0.1) is 11.6 Å². The van der Waals surface area contributed by atoms with E-state index in [9.17, 15) is 8.78 Å². The molecule has 1 N–H and O–H groups in total. The van der Waals surface area contributed by atoms with Crippen molar-refractivity contribution in [2.24, 2.45) is 0 Å².